The van der Waals surface area contributed by atoms with Gasteiger partial charge < -0.3 is 19.2 Å². The first-order chi connectivity index (χ1) is 15.5. The van der Waals surface area contributed by atoms with Crippen molar-refractivity contribution in [1.82, 2.24) is 24.3 Å². The molecule has 32 heavy (non-hydrogen) atoms. The quantitative estimate of drug-likeness (QED) is 0.527. The molecule has 9 heteroatoms. The van der Waals surface area contributed by atoms with Gasteiger partial charge in [0.05, 0.1) is 13.4 Å². The first-order valence-corrected chi connectivity index (χ1v) is 11.7. The minimum Gasteiger partial charge on any atom is -0.496 e. The Labute approximate surface area is 191 Å². The Morgan fingerprint density at radius 2 is 2.16 bits per heavy atom. The van der Waals surface area contributed by atoms with Gasteiger partial charge in [0.25, 0.3) is 11.5 Å². The van der Waals surface area contributed by atoms with E-state index in [1.807, 2.05) is 10.8 Å². The molecule has 3 aromatic rings. The van der Waals surface area contributed by atoms with Gasteiger partial charge in [-0.2, -0.15) is 0 Å². The van der Waals surface area contributed by atoms with Crippen LogP contribution in [0.1, 0.15) is 32.2 Å². The highest BCUT2D eigenvalue weighted by Crippen LogP contribution is 2.24. The zero-order valence-corrected chi connectivity index (χ0v) is 19.4. The third-order valence-corrected chi connectivity index (χ3v) is 6.73. The Hall–Kier alpha value is -2.91. The molecule has 0 spiro atoms. The Morgan fingerprint density at radius 3 is 2.88 bits per heavy atom. The van der Waals surface area contributed by atoms with Gasteiger partial charge in [0.2, 0.25) is 0 Å². The summed E-state index contributed by atoms with van der Waals surface area (Å²) in [7, 11) is 1.50. The van der Waals surface area contributed by atoms with Crippen LogP contribution in [0.4, 0.5) is 0 Å². The van der Waals surface area contributed by atoms with Crippen LogP contribution in [0.25, 0.3) is 0 Å². The van der Waals surface area contributed by atoms with E-state index in [9.17, 15) is 9.59 Å². The van der Waals surface area contributed by atoms with Gasteiger partial charge in [0.15, 0.2) is 0 Å². The van der Waals surface area contributed by atoms with Gasteiger partial charge in [0, 0.05) is 79.6 Å². The summed E-state index contributed by atoms with van der Waals surface area (Å²) in [5, 5.41) is 3.00. The number of amides is 1. The molecule has 1 amide bonds. The third-order valence-electron chi connectivity index (χ3n) is 5.75. The van der Waals surface area contributed by atoms with Crippen LogP contribution in [0, 0.1) is 6.92 Å². The van der Waals surface area contributed by atoms with Gasteiger partial charge in [0.1, 0.15) is 11.3 Å². The number of thiophene rings is 1. The second kappa shape index (κ2) is 10.1. The van der Waals surface area contributed by atoms with Crippen LogP contribution in [0.3, 0.4) is 0 Å². The summed E-state index contributed by atoms with van der Waals surface area (Å²) in [5.74, 6) is 0.147. The van der Waals surface area contributed by atoms with Crippen LogP contribution >= 0.6 is 11.3 Å². The summed E-state index contributed by atoms with van der Waals surface area (Å²) in [6, 6.07) is 5.73. The number of imidazole rings is 1. The molecule has 3 aromatic heterocycles. The van der Waals surface area contributed by atoms with E-state index >= 15 is 0 Å². The monoisotopic (exact) mass is 455 g/mol. The van der Waals surface area contributed by atoms with E-state index in [0.29, 0.717) is 30.8 Å². The van der Waals surface area contributed by atoms with Crippen LogP contribution in [0.2, 0.25) is 0 Å². The predicted octanol–water partition coefficient (Wildman–Crippen LogP) is 2.30. The summed E-state index contributed by atoms with van der Waals surface area (Å²) < 4.78 is 9.16. The lowest BCUT2D eigenvalue weighted by atomic mass is 10.1. The molecule has 0 saturated heterocycles. The highest BCUT2D eigenvalue weighted by atomic mass is 32.1. The van der Waals surface area contributed by atoms with E-state index in [1.54, 1.807) is 28.4 Å². The normalized spacial score (nSPS) is 14.1. The van der Waals surface area contributed by atoms with E-state index in [1.165, 1.54) is 22.9 Å². The van der Waals surface area contributed by atoms with Gasteiger partial charge in [-0.05, 0) is 25.5 Å². The number of aryl methyl sites for hydroxylation is 2. The molecule has 0 aromatic carbocycles. The number of hydrogen-bond donors (Lipinski definition) is 1. The highest BCUT2D eigenvalue weighted by molar-refractivity contribution is 7.11. The first-order valence-electron chi connectivity index (χ1n) is 10.9. The second-order valence-electron chi connectivity index (χ2n) is 7.97. The number of rotatable bonds is 8. The molecule has 8 nitrogen and oxygen atoms in total. The minimum absolute atomic E-state index is 0.123. The number of nitrogens with one attached hydrogen (secondary N) is 1. The van der Waals surface area contributed by atoms with Gasteiger partial charge >= 0.3 is 0 Å². The van der Waals surface area contributed by atoms with Crippen molar-refractivity contribution in [2.45, 2.75) is 39.4 Å². The Balaban J connectivity index is 1.48. The van der Waals surface area contributed by atoms with E-state index in [0.717, 1.165) is 38.3 Å². The fourth-order valence-electron chi connectivity index (χ4n) is 4.12. The number of carbonyl (C=O) groups is 1. The van der Waals surface area contributed by atoms with E-state index in [-0.39, 0.29) is 11.5 Å². The third kappa shape index (κ3) is 5.11. The second-order valence-corrected chi connectivity index (χ2v) is 9.35. The highest BCUT2D eigenvalue weighted by Gasteiger charge is 2.25. The standard InChI is InChI=1S/C23H29N5O3S/c1-17-4-5-18(32-17)15-26-10-6-19-22(20(31-2)14-21(29)28(19)13-12-26)23(30)25-7-3-9-27-11-8-24-16-27/h4-5,8,11,14,16H,3,6-7,9-10,12-13,15H2,1-2H3,(H,25,30). The van der Waals surface area contributed by atoms with Crippen molar-refractivity contribution < 1.29 is 9.53 Å². The Morgan fingerprint density at radius 1 is 1.28 bits per heavy atom. The van der Waals surface area contributed by atoms with E-state index in [2.05, 4.69) is 34.3 Å². The largest absolute Gasteiger partial charge is 0.496 e. The number of carbonyl (C=O) groups excluding carboxylic acids is 1. The molecule has 0 fully saturated rings. The van der Waals surface area contributed by atoms with Crippen LogP contribution in [0.5, 0.6) is 5.75 Å². The molecule has 0 atom stereocenters. The Kier molecular flexibility index (Phi) is 7.06. The average Bonchev–Trinajstić information content (AvgIpc) is 3.39. The smallest absolute Gasteiger partial charge is 0.256 e. The average molecular weight is 456 g/mol. The molecule has 1 aliphatic heterocycles. The van der Waals surface area contributed by atoms with Crippen molar-refractivity contribution in [2.24, 2.45) is 0 Å². The molecule has 0 saturated carbocycles. The SMILES string of the molecule is COc1cc(=O)n2c(c1C(=O)NCCCn1ccnc1)CCN(Cc1ccc(C)s1)CC2. The minimum atomic E-state index is -0.196. The number of methoxy groups -OCH3 is 1. The molecule has 0 unspecified atom stereocenters. The molecule has 170 valence electrons. The summed E-state index contributed by atoms with van der Waals surface area (Å²) in [4.78, 5) is 34.9. The van der Waals surface area contributed by atoms with Gasteiger partial charge in [-0.15, -0.1) is 11.3 Å². The molecule has 4 heterocycles. The summed E-state index contributed by atoms with van der Waals surface area (Å²) >= 11 is 1.80. The molecule has 4 rings (SSSR count). The predicted molar refractivity (Wildman–Crippen MR) is 124 cm³/mol. The number of fused-ring (bicyclic) bond motifs is 1. The maximum absolute atomic E-state index is 13.1. The Bertz CT molecular complexity index is 1120. The number of aromatic nitrogens is 3. The van der Waals surface area contributed by atoms with Crippen LogP contribution in [-0.4, -0.2) is 51.7 Å². The first kappa shape index (κ1) is 22.3. The van der Waals surface area contributed by atoms with Crippen molar-refractivity contribution in [3.05, 3.63) is 68.3 Å². The van der Waals surface area contributed by atoms with Crippen molar-refractivity contribution in [1.29, 1.82) is 0 Å². The van der Waals surface area contributed by atoms with E-state index < -0.39 is 0 Å². The summed E-state index contributed by atoms with van der Waals surface area (Å²) in [5.41, 5.74) is 1.11. The fourth-order valence-corrected chi connectivity index (χ4v) is 5.05. The lowest BCUT2D eigenvalue weighted by molar-refractivity contribution is 0.0947. The topological polar surface area (TPSA) is 81.4 Å². The zero-order chi connectivity index (χ0) is 22.5. The molecule has 1 aliphatic rings. The van der Waals surface area contributed by atoms with Crippen molar-refractivity contribution in [2.75, 3.05) is 26.7 Å². The van der Waals surface area contributed by atoms with Gasteiger partial charge in [-0.3, -0.25) is 14.5 Å². The zero-order valence-electron chi connectivity index (χ0n) is 18.5. The summed E-state index contributed by atoms with van der Waals surface area (Å²) in [6.45, 7) is 6.38. The number of pyridine rings is 1. The van der Waals surface area contributed by atoms with Gasteiger partial charge in [-0.1, -0.05) is 0 Å². The molecule has 0 aliphatic carbocycles. The van der Waals surface area contributed by atoms with Crippen molar-refractivity contribution in [3.63, 3.8) is 0 Å². The molecule has 1 N–H and O–H groups in total. The molecular weight excluding hydrogens is 426 g/mol. The van der Waals surface area contributed by atoms with Gasteiger partial charge in [-0.25, -0.2) is 4.98 Å². The number of hydrogen-bond acceptors (Lipinski definition) is 6. The fraction of sp³-hybridized carbons (Fsp3) is 0.435. The maximum atomic E-state index is 13.1. The molecule has 0 radical (unpaired) electrons. The van der Waals surface area contributed by atoms with Crippen LogP contribution < -0.4 is 15.6 Å². The van der Waals surface area contributed by atoms with E-state index in [4.69, 9.17) is 4.74 Å². The van der Waals surface area contributed by atoms with Crippen molar-refractivity contribution in [3.8, 4) is 5.75 Å². The number of ether oxygens (including phenoxy) is 1. The molecular formula is C23H29N5O3S. The van der Waals surface area contributed by atoms with Crippen LogP contribution in [-0.2, 0) is 26.1 Å². The lowest BCUT2D eigenvalue weighted by Gasteiger charge is -2.18. The van der Waals surface area contributed by atoms with Crippen LogP contribution in [0.15, 0.2) is 41.7 Å². The molecule has 0 bridgehead atoms. The lowest BCUT2D eigenvalue weighted by Crippen LogP contribution is -2.32. The maximum Gasteiger partial charge on any atom is 0.256 e. The van der Waals surface area contributed by atoms with Crippen molar-refractivity contribution >= 4 is 17.2 Å². The number of nitrogens with zero attached hydrogens (tertiary/aromatic N) is 4. The summed E-state index contributed by atoms with van der Waals surface area (Å²) in [6.07, 6.45) is 6.81.